The summed E-state index contributed by atoms with van der Waals surface area (Å²) in [4.78, 5) is 0. The van der Waals surface area contributed by atoms with Gasteiger partial charge in [0.05, 0.1) is 6.10 Å². The van der Waals surface area contributed by atoms with E-state index in [1.54, 1.807) is 0 Å². The van der Waals surface area contributed by atoms with Crippen molar-refractivity contribution in [3.63, 3.8) is 0 Å². The fourth-order valence-corrected chi connectivity index (χ4v) is 1.43. The van der Waals surface area contributed by atoms with Gasteiger partial charge in [-0.15, -0.1) is 0 Å². The largest absolute Gasteiger partial charge is 0.491 e. The minimum Gasteiger partial charge on any atom is -0.491 e. The smallest absolute Gasteiger partial charge is 0.138 e. The molecule has 2 heteroatoms. The standard InChI is InChI=1S/C14H23BO/c1-4-11(3)14(10-9-12(15)5-2)16-13-7-6-8-13/h5,9-10,13H,4,6-8,15H2,1-3H3/b10-9-,12-5+,14-11-. The molecule has 0 spiro atoms. The van der Waals surface area contributed by atoms with E-state index in [1.165, 1.54) is 30.3 Å². The lowest BCUT2D eigenvalue weighted by Crippen LogP contribution is -2.21. The van der Waals surface area contributed by atoms with E-state index in [0.29, 0.717) is 6.10 Å². The molecule has 0 aromatic rings. The molecular weight excluding hydrogens is 195 g/mol. The Kier molecular flexibility index (Phi) is 5.44. The van der Waals surface area contributed by atoms with Gasteiger partial charge < -0.3 is 4.74 Å². The molecule has 0 N–H and O–H groups in total. The van der Waals surface area contributed by atoms with Crippen molar-refractivity contribution in [2.45, 2.75) is 52.6 Å². The number of allylic oxidation sites excluding steroid dienone is 5. The van der Waals surface area contributed by atoms with E-state index in [0.717, 1.165) is 12.2 Å². The molecule has 0 aromatic carbocycles. The van der Waals surface area contributed by atoms with Gasteiger partial charge in [-0.1, -0.05) is 24.5 Å². The molecule has 0 bridgehead atoms. The van der Waals surface area contributed by atoms with Crippen LogP contribution < -0.4 is 0 Å². The Morgan fingerprint density at radius 1 is 1.38 bits per heavy atom. The third-order valence-corrected chi connectivity index (χ3v) is 3.25. The SMILES string of the molecule is BC(/C=C\C(OC1CCC1)=C(/C)CC)=C/C. The highest BCUT2D eigenvalue weighted by Gasteiger charge is 2.19. The maximum absolute atomic E-state index is 6.00. The van der Waals surface area contributed by atoms with Crippen LogP contribution in [-0.4, -0.2) is 14.0 Å². The zero-order valence-electron chi connectivity index (χ0n) is 11.0. The highest BCUT2D eigenvalue weighted by Crippen LogP contribution is 2.26. The van der Waals surface area contributed by atoms with Crippen LogP contribution in [0.2, 0.25) is 0 Å². The Morgan fingerprint density at radius 3 is 2.50 bits per heavy atom. The van der Waals surface area contributed by atoms with Crippen LogP contribution in [0.3, 0.4) is 0 Å². The van der Waals surface area contributed by atoms with Crippen molar-refractivity contribution in [1.29, 1.82) is 0 Å². The first-order valence-electron chi connectivity index (χ1n) is 6.34. The van der Waals surface area contributed by atoms with E-state index in [-0.39, 0.29) is 0 Å². The molecule has 1 rings (SSSR count). The highest BCUT2D eigenvalue weighted by atomic mass is 16.5. The van der Waals surface area contributed by atoms with E-state index in [2.05, 4.69) is 46.8 Å². The summed E-state index contributed by atoms with van der Waals surface area (Å²) < 4.78 is 6.00. The molecule has 0 radical (unpaired) electrons. The summed E-state index contributed by atoms with van der Waals surface area (Å²) in [6.07, 6.45) is 11.6. The van der Waals surface area contributed by atoms with Crippen molar-refractivity contribution < 1.29 is 4.74 Å². The quantitative estimate of drug-likeness (QED) is 0.390. The molecule has 0 aliphatic heterocycles. The molecule has 1 aliphatic carbocycles. The molecule has 1 fully saturated rings. The monoisotopic (exact) mass is 218 g/mol. The molecule has 1 aliphatic rings. The van der Waals surface area contributed by atoms with Crippen molar-refractivity contribution in [1.82, 2.24) is 0 Å². The molecule has 16 heavy (non-hydrogen) atoms. The van der Waals surface area contributed by atoms with E-state index >= 15 is 0 Å². The van der Waals surface area contributed by atoms with Crippen molar-refractivity contribution >= 4 is 7.85 Å². The Labute approximate surface area is 101 Å². The van der Waals surface area contributed by atoms with Crippen molar-refractivity contribution in [2.75, 3.05) is 0 Å². The molecule has 1 nitrogen and oxygen atoms in total. The zero-order chi connectivity index (χ0) is 12.0. The van der Waals surface area contributed by atoms with Gasteiger partial charge in [-0.25, -0.2) is 0 Å². The summed E-state index contributed by atoms with van der Waals surface area (Å²) in [5.74, 6) is 1.08. The summed E-state index contributed by atoms with van der Waals surface area (Å²) in [6.45, 7) is 6.39. The normalized spacial score (nSPS) is 19.6. The number of hydrogen-bond donors (Lipinski definition) is 0. The summed E-state index contributed by atoms with van der Waals surface area (Å²) in [7, 11) is 2.11. The van der Waals surface area contributed by atoms with Gasteiger partial charge in [-0.2, -0.15) is 0 Å². The predicted molar refractivity (Wildman–Crippen MR) is 73.2 cm³/mol. The minimum atomic E-state index is 0.465. The molecule has 0 saturated heterocycles. The molecule has 0 heterocycles. The van der Waals surface area contributed by atoms with Crippen LogP contribution in [0.4, 0.5) is 0 Å². The van der Waals surface area contributed by atoms with Crippen molar-refractivity contribution in [3.05, 3.63) is 35.0 Å². The van der Waals surface area contributed by atoms with Crippen LogP contribution in [0.25, 0.3) is 0 Å². The fraction of sp³-hybridized carbons (Fsp3) is 0.571. The maximum Gasteiger partial charge on any atom is 0.138 e. The summed E-state index contributed by atoms with van der Waals surface area (Å²) in [5.41, 5.74) is 2.62. The minimum absolute atomic E-state index is 0.465. The fourth-order valence-electron chi connectivity index (χ4n) is 1.43. The van der Waals surface area contributed by atoms with Crippen LogP contribution >= 0.6 is 0 Å². The molecule has 0 amide bonds. The molecule has 0 atom stereocenters. The van der Waals surface area contributed by atoms with Crippen molar-refractivity contribution in [3.8, 4) is 0 Å². The summed E-state index contributed by atoms with van der Waals surface area (Å²) >= 11 is 0. The Hall–Kier alpha value is -0.915. The van der Waals surface area contributed by atoms with Gasteiger partial charge >= 0.3 is 0 Å². The van der Waals surface area contributed by atoms with Gasteiger partial charge in [-0.3, -0.25) is 0 Å². The van der Waals surface area contributed by atoms with Gasteiger partial charge in [0.1, 0.15) is 13.6 Å². The first kappa shape index (κ1) is 13.2. The van der Waals surface area contributed by atoms with Crippen LogP contribution in [-0.2, 0) is 4.74 Å². The summed E-state index contributed by atoms with van der Waals surface area (Å²) in [6, 6.07) is 0. The van der Waals surface area contributed by atoms with Crippen molar-refractivity contribution in [2.24, 2.45) is 0 Å². The van der Waals surface area contributed by atoms with Gasteiger partial charge in [0.15, 0.2) is 0 Å². The molecule has 0 aromatic heterocycles. The van der Waals surface area contributed by atoms with Crippen LogP contribution in [0.5, 0.6) is 0 Å². The van der Waals surface area contributed by atoms with Gasteiger partial charge in [-0.05, 0) is 51.2 Å². The summed E-state index contributed by atoms with van der Waals surface area (Å²) in [5, 5.41) is 0. The van der Waals surface area contributed by atoms with E-state index in [9.17, 15) is 0 Å². The highest BCUT2D eigenvalue weighted by molar-refractivity contribution is 6.23. The Morgan fingerprint density at radius 2 is 2.06 bits per heavy atom. The first-order chi connectivity index (χ1) is 7.67. The lowest BCUT2D eigenvalue weighted by atomic mass is 9.94. The topological polar surface area (TPSA) is 9.23 Å². The van der Waals surface area contributed by atoms with Gasteiger partial charge in [0.2, 0.25) is 0 Å². The lowest BCUT2D eigenvalue weighted by Gasteiger charge is -2.27. The van der Waals surface area contributed by atoms with Crippen LogP contribution in [0.15, 0.2) is 35.0 Å². The van der Waals surface area contributed by atoms with E-state index in [4.69, 9.17) is 4.74 Å². The Bertz CT molecular complexity index is 309. The van der Waals surface area contributed by atoms with Crippen LogP contribution in [0.1, 0.15) is 46.5 Å². The Balaban J connectivity index is 2.67. The first-order valence-corrected chi connectivity index (χ1v) is 6.34. The van der Waals surface area contributed by atoms with E-state index in [1.807, 2.05) is 0 Å². The number of ether oxygens (including phenoxy) is 1. The van der Waals surface area contributed by atoms with Gasteiger partial charge in [0, 0.05) is 0 Å². The number of rotatable bonds is 5. The zero-order valence-corrected chi connectivity index (χ0v) is 11.0. The predicted octanol–water partition coefficient (Wildman–Crippen LogP) is 3.33. The third-order valence-electron chi connectivity index (χ3n) is 3.25. The lowest BCUT2D eigenvalue weighted by molar-refractivity contribution is 0.0572. The molecule has 88 valence electrons. The molecule has 0 unspecified atom stereocenters. The average molecular weight is 218 g/mol. The van der Waals surface area contributed by atoms with Crippen LogP contribution in [0, 0.1) is 0 Å². The molecule has 1 saturated carbocycles. The second-order valence-electron chi connectivity index (χ2n) is 4.53. The average Bonchev–Trinajstić information content (AvgIpc) is 2.25. The van der Waals surface area contributed by atoms with E-state index < -0.39 is 0 Å². The van der Waals surface area contributed by atoms with Gasteiger partial charge in [0.25, 0.3) is 0 Å². The second kappa shape index (κ2) is 6.62. The number of hydrogen-bond acceptors (Lipinski definition) is 1. The second-order valence-corrected chi connectivity index (χ2v) is 4.53. The maximum atomic E-state index is 6.00. The third kappa shape index (κ3) is 3.92. The molecular formula is C14H23BO.